The van der Waals surface area contributed by atoms with Crippen molar-refractivity contribution in [2.24, 2.45) is 5.73 Å². The minimum absolute atomic E-state index is 0.165. The Bertz CT molecular complexity index is 697. The van der Waals surface area contributed by atoms with Gasteiger partial charge in [0.15, 0.2) is 0 Å². The van der Waals surface area contributed by atoms with Gasteiger partial charge < -0.3 is 11.1 Å². The number of nitrogens with two attached hydrogens (primary N) is 1. The highest BCUT2D eigenvalue weighted by atomic mass is 35.5. The summed E-state index contributed by atoms with van der Waals surface area (Å²) in [5.74, 6) is 5.63. The molecule has 20 heavy (non-hydrogen) atoms. The fraction of sp³-hybridized carbons (Fsp3) is 0.133. The summed E-state index contributed by atoms with van der Waals surface area (Å²) in [7, 11) is 0. The molecule has 1 heterocycles. The fourth-order valence-electron chi connectivity index (χ4n) is 1.66. The molecule has 102 valence electrons. The topological polar surface area (TPSA) is 55.1 Å². The number of hydrogen-bond donors (Lipinski definition) is 2. The van der Waals surface area contributed by atoms with Gasteiger partial charge in [-0.25, -0.2) is 0 Å². The predicted molar refractivity (Wildman–Crippen MR) is 84.4 cm³/mol. The average Bonchev–Trinajstić information content (AvgIpc) is 2.85. The fourth-order valence-corrected chi connectivity index (χ4v) is 2.60. The van der Waals surface area contributed by atoms with Gasteiger partial charge in [0.25, 0.3) is 5.91 Å². The minimum atomic E-state index is -0.165. The highest BCUT2D eigenvalue weighted by Crippen LogP contribution is 2.23. The summed E-state index contributed by atoms with van der Waals surface area (Å²) in [5, 5.41) is 2.84. The Labute approximate surface area is 126 Å². The number of thiophene rings is 1. The van der Waals surface area contributed by atoms with Crippen molar-refractivity contribution >= 4 is 34.5 Å². The highest BCUT2D eigenvalue weighted by Gasteiger charge is 2.09. The molecule has 0 atom stereocenters. The van der Waals surface area contributed by atoms with Crippen LogP contribution < -0.4 is 11.1 Å². The van der Waals surface area contributed by atoms with E-state index in [-0.39, 0.29) is 5.91 Å². The smallest absolute Gasteiger partial charge is 0.265 e. The molecule has 0 radical (unpaired) electrons. The number of anilines is 1. The second-order valence-electron chi connectivity index (χ2n) is 4.09. The molecule has 0 bridgehead atoms. The van der Waals surface area contributed by atoms with Crippen LogP contribution in [0.2, 0.25) is 4.34 Å². The first kappa shape index (κ1) is 14.6. The maximum atomic E-state index is 12.0. The van der Waals surface area contributed by atoms with E-state index in [2.05, 4.69) is 17.2 Å². The van der Waals surface area contributed by atoms with Gasteiger partial charge in [0, 0.05) is 11.3 Å². The summed E-state index contributed by atoms with van der Waals surface area (Å²) in [6, 6.07) is 8.98. The summed E-state index contributed by atoms with van der Waals surface area (Å²) in [6.07, 6.45) is 0. The number of aryl methyl sites for hydroxylation is 1. The van der Waals surface area contributed by atoms with Crippen LogP contribution in [-0.4, -0.2) is 12.5 Å². The Morgan fingerprint density at radius 2 is 2.20 bits per heavy atom. The maximum absolute atomic E-state index is 12.0. The van der Waals surface area contributed by atoms with E-state index in [1.807, 2.05) is 25.1 Å². The molecule has 0 aliphatic rings. The third kappa shape index (κ3) is 3.61. The van der Waals surface area contributed by atoms with Gasteiger partial charge in [0.1, 0.15) is 0 Å². The van der Waals surface area contributed by atoms with E-state index in [0.29, 0.717) is 15.8 Å². The Morgan fingerprint density at radius 3 is 2.80 bits per heavy atom. The van der Waals surface area contributed by atoms with E-state index in [1.165, 1.54) is 11.3 Å². The van der Waals surface area contributed by atoms with Crippen molar-refractivity contribution in [3.63, 3.8) is 0 Å². The molecule has 3 N–H and O–H groups in total. The van der Waals surface area contributed by atoms with Gasteiger partial charge in [-0.2, -0.15) is 0 Å². The number of carbonyl (C=O) groups excluding carboxylic acids is 1. The van der Waals surface area contributed by atoms with Crippen molar-refractivity contribution in [3.05, 3.63) is 50.7 Å². The number of amides is 1. The number of halogens is 1. The van der Waals surface area contributed by atoms with Crippen molar-refractivity contribution < 1.29 is 4.79 Å². The molecule has 0 aliphatic carbocycles. The van der Waals surface area contributed by atoms with Crippen LogP contribution in [0.3, 0.4) is 0 Å². The molecule has 0 spiro atoms. The number of nitrogens with one attached hydrogen (secondary N) is 1. The maximum Gasteiger partial charge on any atom is 0.265 e. The van der Waals surface area contributed by atoms with Crippen molar-refractivity contribution in [2.45, 2.75) is 6.92 Å². The molecule has 1 amide bonds. The van der Waals surface area contributed by atoms with Crippen LogP contribution in [0.1, 0.15) is 20.8 Å². The van der Waals surface area contributed by atoms with Crippen molar-refractivity contribution in [2.75, 3.05) is 11.9 Å². The lowest BCUT2D eigenvalue weighted by Crippen LogP contribution is -2.10. The van der Waals surface area contributed by atoms with Gasteiger partial charge in [0.2, 0.25) is 0 Å². The SMILES string of the molecule is Cc1cc(NC(=O)c2ccc(Cl)s2)ccc1C#CCN. The van der Waals surface area contributed by atoms with Crippen LogP contribution in [-0.2, 0) is 0 Å². The first-order chi connectivity index (χ1) is 9.60. The molecule has 0 fully saturated rings. The predicted octanol–water partition coefficient (Wildman–Crippen LogP) is 3.27. The summed E-state index contributed by atoms with van der Waals surface area (Å²) in [4.78, 5) is 12.6. The minimum Gasteiger partial charge on any atom is -0.321 e. The summed E-state index contributed by atoms with van der Waals surface area (Å²) < 4.78 is 0.596. The number of hydrogen-bond acceptors (Lipinski definition) is 3. The molecule has 0 saturated heterocycles. The average molecular weight is 305 g/mol. The second-order valence-corrected chi connectivity index (χ2v) is 5.81. The molecule has 1 aromatic heterocycles. The van der Waals surface area contributed by atoms with Gasteiger partial charge in [-0.15, -0.1) is 11.3 Å². The van der Waals surface area contributed by atoms with Crippen molar-refractivity contribution in [3.8, 4) is 11.8 Å². The third-order valence-electron chi connectivity index (χ3n) is 2.61. The van der Waals surface area contributed by atoms with E-state index in [1.54, 1.807) is 12.1 Å². The molecule has 0 unspecified atom stereocenters. The van der Waals surface area contributed by atoms with Gasteiger partial charge >= 0.3 is 0 Å². The zero-order valence-corrected chi connectivity index (χ0v) is 12.4. The van der Waals surface area contributed by atoms with E-state index in [9.17, 15) is 4.79 Å². The number of benzene rings is 1. The lowest BCUT2D eigenvalue weighted by Gasteiger charge is -2.06. The van der Waals surface area contributed by atoms with Crippen LogP contribution >= 0.6 is 22.9 Å². The van der Waals surface area contributed by atoms with Gasteiger partial charge in [-0.1, -0.05) is 23.4 Å². The van der Waals surface area contributed by atoms with Gasteiger partial charge in [0.05, 0.1) is 15.8 Å². The van der Waals surface area contributed by atoms with Crippen LogP contribution in [0.4, 0.5) is 5.69 Å². The van der Waals surface area contributed by atoms with E-state index < -0.39 is 0 Å². The van der Waals surface area contributed by atoms with Crippen LogP contribution in [0.25, 0.3) is 0 Å². The second kappa shape index (κ2) is 6.58. The molecular weight excluding hydrogens is 292 g/mol. The Balaban J connectivity index is 2.14. The number of carbonyl (C=O) groups is 1. The third-order valence-corrected chi connectivity index (χ3v) is 3.84. The lowest BCUT2D eigenvalue weighted by atomic mass is 10.1. The molecule has 0 saturated carbocycles. The van der Waals surface area contributed by atoms with E-state index in [4.69, 9.17) is 17.3 Å². The first-order valence-corrected chi connectivity index (χ1v) is 7.16. The van der Waals surface area contributed by atoms with Crippen molar-refractivity contribution in [1.82, 2.24) is 0 Å². The number of rotatable bonds is 2. The van der Waals surface area contributed by atoms with Gasteiger partial charge in [-0.05, 0) is 42.8 Å². The molecule has 3 nitrogen and oxygen atoms in total. The standard InChI is InChI=1S/C15H13ClN2OS/c1-10-9-12(5-4-11(10)3-2-8-17)18-15(19)13-6-7-14(16)20-13/h4-7,9H,8,17H2,1H3,(H,18,19). The normalized spacial score (nSPS) is 9.75. The molecular formula is C15H13ClN2OS. The summed E-state index contributed by atoms with van der Waals surface area (Å²) >= 11 is 7.07. The first-order valence-electron chi connectivity index (χ1n) is 5.96. The van der Waals surface area contributed by atoms with Crippen LogP contribution in [0.15, 0.2) is 30.3 Å². The quantitative estimate of drug-likeness (QED) is 0.837. The molecule has 2 aromatic rings. The van der Waals surface area contributed by atoms with Crippen LogP contribution in [0.5, 0.6) is 0 Å². The lowest BCUT2D eigenvalue weighted by molar-refractivity contribution is 0.103. The van der Waals surface area contributed by atoms with E-state index >= 15 is 0 Å². The van der Waals surface area contributed by atoms with Crippen LogP contribution in [0, 0.1) is 18.8 Å². The summed E-state index contributed by atoms with van der Waals surface area (Å²) in [6.45, 7) is 2.27. The highest BCUT2D eigenvalue weighted by molar-refractivity contribution is 7.18. The zero-order chi connectivity index (χ0) is 14.5. The zero-order valence-electron chi connectivity index (χ0n) is 10.9. The van der Waals surface area contributed by atoms with Gasteiger partial charge in [-0.3, -0.25) is 4.79 Å². The Kier molecular flexibility index (Phi) is 4.80. The Hall–Kier alpha value is -1.80. The largest absolute Gasteiger partial charge is 0.321 e. The summed E-state index contributed by atoms with van der Waals surface area (Å²) in [5.41, 5.74) is 7.98. The Morgan fingerprint density at radius 1 is 1.40 bits per heavy atom. The molecule has 2 rings (SSSR count). The van der Waals surface area contributed by atoms with E-state index in [0.717, 1.165) is 16.8 Å². The molecule has 0 aliphatic heterocycles. The van der Waals surface area contributed by atoms with Crippen molar-refractivity contribution in [1.29, 1.82) is 0 Å². The molecule has 1 aromatic carbocycles. The molecule has 5 heteroatoms. The monoisotopic (exact) mass is 304 g/mol.